The summed E-state index contributed by atoms with van der Waals surface area (Å²) in [6.45, 7) is 3.34. The number of aryl methyl sites for hydroxylation is 2. The van der Waals surface area contributed by atoms with E-state index in [0.29, 0.717) is 33.5 Å². The average molecular weight is 654 g/mol. The Bertz CT molecular complexity index is 1980. The van der Waals surface area contributed by atoms with Crippen LogP contribution in [0.3, 0.4) is 0 Å². The van der Waals surface area contributed by atoms with E-state index >= 15 is 0 Å². The Morgan fingerprint density at radius 2 is 1.34 bits per heavy atom. The van der Waals surface area contributed by atoms with Gasteiger partial charge in [0.25, 0.3) is 10.1 Å². The number of aliphatic hydroxyl groups is 2. The Labute approximate surface area is 263 Å². The third-order valence-corrected chi connectivity index (χ3v) is 8.58. The molecule has 0 saturated heterocycles. The number of hydrogen-bond acceptors (Lipinski definition) is 8. The molecule has 44 heavy (non-hydrogen) atoms. The van der Waals surface area contributed by atoms with Gasteiger partial charge in [-0.1, -0.05) is 89.9 Å². The van der Waals surface area contributed by atoms with E-state index in [1.807, 2.05) is 24.3 Å². The predicted molar refractivity (Wildman–Crippen MR) is 166 cm³/mol. The molecule has 5 aromatic rings. The van der Waals surface area contributed by atoms with Gasteiger partial charge in [0.05, 0.1) is 27.1 Å². The number of nitrogens with zero attached hydrogens (tertiary/aromatic N) is 4. The van der Waals surface area contributed by atoms with E-state index in [1.54, 1.807) is 62.4 Å². The SMILES string of the molecule is Cc1cc(C(O)c2ccccc2)cc(C(O)c2ccccc2)c1/N=N/c1c(C)nn(-c2cc(Cl)c(S(=O)(=O)O)cc2Cl)c1O. The molecule has 4 aromatic carbocycles. The first-order valence-corrected chi connectivity index (χ1v) is 15.3. The Kier molecular flexibility index (Phi) is 8.89. The van der Waals surface area contributed by atoms with Gasteiger partial charge in [-0.2, -0.15) is 18.2 Å². The van der Waals surface area contributed by atoms with Crippen LogP contribution in [-0.4, -0.2) is 38.1 Å². The standard InChI is InChI=1S/C31H26Cl2N4O6S/c1-17-13-21(29(38)19-9-5-3-6-10-19)14-22(30(39)20-11-7-4-8-12-20)27(17)34-35-28-18(2)36-37(31(28)40)25-15-24(33)26(16-23(25)32)44(41,42)43/h3-16,29-30,38-40H,1-2H3,(H,41,42,43)/b35-34+. The number of rotatable bonds is 8. The van der Waals surface area contributed by atoms with Gasteiger partial charge in [0.15, 0.2) is 5.69 Å². The van der Waals surface area contributed by atoms with Crippen LogP contribution in [0, 0.1) is 13.8 Å². The fourth-order valence-electron chi connectivity index (χ4n) is 4.75. The molecular weight excluding hydrogens is 627 g/mol. The Balaban J connectivity index is 1.60. The fourth-order valence-corrected chi connectivity index (χ4v) is 6.08. The van der Waals surface area contributed by atoms with Crippen LogP contribution in [0.4, 0.5) is 11.4 Å². The first-order valence-electron chi connectivity index (χ1n) is 13.1. The summed E-state index contributed by atoms with van der Waals surface area (Å²) in [5.74, 6) is -0.470. The number of aliphatic hydroxyl groups excluding tert-OH is 2. The van der Waals surface area contributed by atoms with Gasteiger partial charge in [-0.05, 0) is 54.3 Å². The first-order chi connectivity index (χ1) is 20.9. The molecule has 0 aliphatic carbocycles. The molecule has 0 fully saturated rings. The molecule has 0 saturated carbocycles. The molecular formula is C31H26Cl2N4O6S. The van der Waals surface area contributed by atoms with Crippen LogP contribution in [0.5, 0.6) is 5.88 Å². The smallest absolute Gasteiger partial charge is 0.296 e. The molecule has 0 bridgehead atoms. The number of aromatic nitrogens is 2. The fraction of sp³-hybridized carbons (Fsp3) is 0.129. The van der Waals surface area contributed by atoms with Crippen molar-refractivity contribution < 1.29 is 28.3 Å². The van der Waals surface area contributed by atoms with Crippen molar-refractivity contribution in [3.05, 3.63) is 128 Å². The van der Waals surface area contributed by atoms with Gasteiger partial charge in [-0.3, -0.25) is 4.55 Å². The maximum Gasteiger partial charge on any atom is 0.296 e. The van der Waals surface area contributed by atoms with Crippen LogP contribution in [0.15, 0.2) is 100 Å². The normalized spacial score (nSPS) is 13.3. The average Bonchev–Trinajstić information content (AvgIpc) is 3.28. The van der Waals surface area contributed by atoms with Crippen LogP contribution in [-0.2, 0) is 10.1 Å². The summed E-state index contributed by atoms with van der Waals surface area (Å²) in [4.78, 5) is -0.600. The molecule has 0 amide bonds. The molecule has 10 nitrogen and oxygen atoms in total. The summed E-state index contributed by atoms with van der Waals surface area (Å²) in [5, 5.41) is 46.0. The summed E-state index contributed by atoms with van der Waals surface area (Å²) in [6.07, 6.45) is -2.08. The van der Waals surface area contributed by atoms with Crippen molar-refractivity contribution in [2.45, 2.75) is 31.0 Å². The monoisotopic (exact) mass is 652 g/mol. The second kappa shape index (κ2) is 12.5. The predicted octanol–water partition coefficient (Wildman–Crippen LogP) is 7.33. The second-order valence-electron chi connectivity index (χ2n) is 9.98. The maximum absolute atomic E-state index is 11.6. The van der Waals surface area contributed by atoms with Crippen molar-refractivity contribution in [3.63, 3.8) is 0 Å². The molecule has 2 unspecified atom stereocenters. The lowest BCUT2D eigenvalue weighted by Gasteiger charge is -2.19. The lowest BCUT2D eigenvalue weighted by molar-refractivity contribution is 0.214. The van der Waals surface area contributed by atoms with Gasteiger partial charge < -0.3 is 15.3 Å². The van der Waals surface area contributed by atoms with Crippen LogP contribution >= 0.6 is 23.2 Å². The molecule has 226 valence electrons. The van der Waals surface area contributed by atoms with E-state index in [2.05, 4.69) is 15.3 Å². The van der Waals surface area contributed by atoms with Gasteiger partial charge in [0.2, 0.25) is 5.88 Å². The molecule has 1 heterocycles. The van der Waals surface area contributed by atoms with Gasteiger partial charge in [0, 0.05) is 5.56 Å². The summed E-state index contributed by atoms with van der Waals surface area (Å²) < 4.78 is 33.6. The van der Waals surface area contributed by atoms with Gasteiger partial charge in [0.1, 0.15) is 17.1 Å². The number of halogens is 2. The van der Waals surface area contributed by atoms with Crippen LogP contribution in [0.2, 0.25) is 10.0 Å². The quantitative estimate of drug-likeness (QED) is 0.101. The number of aromatic hydroxyl groups is 1. The van der Waals surface area contributed by atoms with Gasteiger partial charge in [-0.15, -0.1) is 10.2 Å². The first kappa shape index (κ1) is 31.3. The Morgan fingerprint density at radius 3 is 1.93 bits per heavy atom. The second-order valence-corrected chi connectivity index (χ2v) is 12.2. The van der Waals surface area contributed by atoms with E-state index in [0.717, 1.165) is 16.8 Å². The maximum atomic E-state index is 11.6. The minimum absolute atomic E-state index is 0.0241. The molecule has 5 rings (SSSR count). The third kappa shape index (κ3) is 6.25. The molecule has 0 radical (unpaired) electrons. The van der Waals surface area contributed by atoms with E-state index in [4.69, 9.17) is 23.2 Å². The Hall–Kier alpha value is -4.10. The summed E-state index contributed by atoms with van der Waals surface area (Å²) >= 11 is 12.3. The van der Waals surface area contributed by atoms with Gasteiger partial charge in [-0.25, -0.2) is 0 Å². The topological polar surface area (TPSA) is 158 Å². The van der Waals surface area contributed by atoms with Crippen molar-refractivity contribution in [1.29, 1.82) is 0 Å². The van der Waals surface area contributed by atoms with Crippen molar-refractivity contribution in [3.8, 4) is 11.6 Å². The Morgan fingerprint density at radius 1 is 0.773 bits per heavy atom. The molecule has 2 atom stereocenters. The van der Waals surface area contributed by atoms with Crippen LogP contribution in [0.25, 0.3) is 5.69 Å². The molecule has 0 spiro atoms. The zero-order valence-electron chi connectivity index (χ0n) is 23.3. The van der Waals surface area contributed by atoms with Crippen LogP contribution < -0.4 is 0 Å². The number of azo groups is 1. The van der Waals surface area contributed by atoms with E-state index in [9.17, 15) is 28.3 Å². The molecule has 0 aliphatic heterocycles. The molecule has 13 heteroatoms. The van der Waals surface area contributed by atoms with Crippen molar-refractivity contribution >= 4 is 44.7 Å². The minimum Gasteiger partial charge on any atom is -0.492 e. The molecule has 0 aliphatic rings. The lowest BCUT2D eigenvalue weighted by atomic mass is 9.92. The highest BCUT2D eigenvalue weighted by Gasteiger charge is 2.24. The van der Waals surface area contributed by atoms with Gasteiger partial charge >= 0.3 is 0 Å². The third-order valence-electron chi connectivity index (χ3n) is 6.96. The number of benzene rings is 4. The van der Waals surface area contributed by atoms with Crippen molar-refractivity contribution in [2.75, 3.05) is 0 Å². The van der Waals surface area contributed by atoms with Crippen molar-refractivity contribution in [2.24, 2.45) is 10.2 Å². The van der Waals surface area contributed by atoms with E-state index in [-0.39, 0.29) is 27.1 Å². The summed E-state index contributed by atoms with van der Waals surface area (Å²) in [6, 6.07) is 23.6. The summed E-state index contributed by atoms with van der Waals surface area (Å²) in [7, 11) is -4.65. The largest absolute Gasteiger partial charge is 0.492 e. The van der Waals surface area contributed by atoms with Crippen molar-refractivity contribution in [1.82, 2.24) is 9.78 Å². The zero-order chi connectivity index (χ0) is 31.8. The lowest BCUT2D eigenvalue weighted by Crippen LogP contribution is -2.05. The highest BCUT2D eigenvalue weighted by atomic mass is 35.5. The molecule has 1 aromatic heterocycles. The van der Waals surface area contributed by atoms with E-state index in [1.165, 1.54) is 0 Å². The highest BCUT2D eigenvalue weighted by molar-refractivity contribution is 7.86. The number of hydrogen-bond donors (Lipinski definition) is 4. The van der Waals surface area contributed by atoms with E-state index < -0.39 is 33.1 Å². The van der Waals surface area contributed by atoms with Crippen LogP contribution in [0.1, 0.15) is 45.7 Å². The zero-order valence-corrected chi connectivity index (χ0v) is 25.6. The minimum atomic E-state index is -4.65. The molecule has 4 N–H and O–H groups in total. The summed E-state index contributed by atoms with van der Waals surface area (Å²) in [5.41, 5.74) is 3.37. The highest BCUT2D eigenvalue weighted by Crippen LogP contribution is 2.41.